The van der Waals surface area contributed by atoms with Gasteiger partial charge in [0.2, 0.25) is 0 Å². The number of nitrogens with zero attached hydrogens (tertiary/aromatic N) is 1. The van der Waals surface area contributed by atoms with Gasteiger partial charge < -0.3 is 14.6 Å². The minimum atomic E-state index is -0.891. The molecule has 0 aliphatic heterocycles. The van der Waals surface area contributed by atoms with Crippen LogP contribution < -0.4 is 0 Å². The highest BCUT2D eigenvalue weighted by molar-refractivity contribution is 6.31. The van der Waals surface area contributed by atoms with Crippen LogP contribution in [0.5, 0.6) is 5.75 Å². The number of halogens is 1. The minimum Gasteiger partial charge on any atom is -0.506 e. The monoisotopic (exact) mass is 295 g/mol. The molecule has 20 heavy (non-hydrogen) atoms. The normalized spacial score (nSPS) is 10.3. The summed E-state index contributed by atoms with van der Waals surface area (Å²) in [5.74, 6) is -2.17. The molecule has 0 unspecified atom stereocenters. The van der Waals surface area contributed by atoms with E-state index in [4.69, 9.17) is 11.6 Å². The lowest BCUT2D eigenvalue weighted by atomic mass is 10.1. The van der Waals surface area contributed by atoms with Crippen LogP contribution in [0.25, 0.3) is 10.9 Å². The summed E-state index contributed by atoms with van der Waals surface area (Å²) in [4.78, 5) is 27.5. The van der Waals surface area contributed by atoms with Crippen LogP contribution in [-0.4, -0.2) is 36.2 Å². The first-order valence-electron chi connectivity index (χ1n) is 5.48. The summed E-state index contributed by atoms with van der Waals surface area (Å²) < 4.78 is 9.10. The predicted molar refractivity (Wildman–Crippen MR) is 71.1 cm³/mol. The van der Waals surface area contributed by atoms with Gasteiger partial charge in [-0.15, -0.1) is 0 Å². The molecule has 6 nitrogen and oxygen atoms in total. The maximum Gasteiger partial charge on any atom is 0.357 e. The first kappa shape index (κ1) is 14.1. The molecule has 0 aliphatic rings. The number of rotatable bonds is 2. The highest BCUT2D eigenvalue weighted by Gasteiger charge is 2.26. The lowest BCUT2D eigenvalue weighted by Crippen LogP contribution is -2.14. The number of aromatic nitrogens is 1. The standard InChI is InChI=1S/C13H10ClNO5/c1-19-12(17)9-10(13(18)20-2)15-8-4-3-6(14)5-7(8)11(9)16/h3-5H,1-2H3,(H,15,16). The predicted octanol–water partition coefficient (Wildman–Crippen LogP) is 2.17. The Morgan fingerprint density at radius 3 is 2.45 bits per heavy atom. The van der Waals surface area contributed by atoms with Crippen LogP contribution >= 0.6 is 11.6 Å². The lowest BCUT2D eigenvalue weighted by molar-refractivity contribution is 0.0547. The number of benzene rings is 1. The van der Waals surface area contributed by atoms with E-state index in [0.29, 0.717) is 10.5 Å². The molecule has 0 bridgehead atoms. The molecule has 1 heterocycles. The first-order chi connectivity index (χ1) is 9.49. The average molecular weight is 296 g/mol. The molecule has 1 aromatic carbocycles. The van der Waals surface area contributed by atoms with Gasteiger partial charge in [-0.05, 0) is 18.2 Å². The van der Waals surface area contributed by atoms with Crippen molar-refractivity contribution in [2.45, 2.75) is 0 Å². The molecule has 104 valence electrons. The molecule has 7 heteroatoms. The molecule has 0 fully saturated rings. The molecule has 0 saturated heterocycles. The summed E-state index contributed by atoms with van der Waals surface area (Å²) in [6.45, 7) is 0. The average Bonchev–Trinajstić information content (AvgIpc) is 2.46. The molecular weight excluding hydrogens is 286 g/mol. The Labute approximate surface area is 118 Å². The van der Waals surface area contributed by atoms with Gasteiger partial charge in [-0.3, -0.25) is 0 Å². The van der Waals surface area contributed by atoms with Crippen molar-refractivity contribution >= 4 is 34.4 Å². The maximum atomic E-state index is 11.7. The van der Waals surface area contributed by atoms with E-state index >= 15 is 0 Å². The fourth-order valence-electron chi connectivity index (χ4n) is 1.76. The zero-order valence-electron chi connectivity index (χ0n) is 10.6. The van der Waals surface area contributed by atoms with Gasteiger partial charge in [0.25, 0.3) is 0 Å². The number of carbonyl (C=O) groups excluding carboxylic acids is 2. The SMILES string of the molecule is COC(=O)c1nc2ccc(Cl)cc2c(O)c1C(=O)OC. The molecule has 0 aliphatic carbocycles. The minimum absolute atomic E-state index is 0.241. The Bertz CT molecular complexity index is 713. The summed E-state index contributed by atoms with van der Waals surface area (Å²) in [6, 6.07) is 4.51. The van der Waals surface area contributed by atoms with Gasteiger partial charge in [0.15, 0.2) is 5.69 Å². The number of esters is 2. The number of methoxy groups -OCH3 is 2. The van der Waals surface area contributed by atoms with Crippen molar-refractivity contribution in [2.75, 3.05) is 14.2 Å². The number of hydrogen-bond donors (Lipinski definition) is 1. The van der Waals surface area contributed by atoms with Gasteiger partial charge in [0.05, 0.1) is 19.7 Å². The molecule has 0 atom stereocenters. The molecule has 0 saturated carbocycles. The van der Waals surface area contributed by atoms with Gasteiger partial charge in [0, 0.05) is 10.4 Å². The van der Waals surface area contributed by atoms with E-state index in [1.807, 2.05) is 0 Å². The molecular formula is C13H10ClNO5. The fraction of sp³-hybridized carbons (Fsp3) is 0.154. The molecule has 1 aromatic heterocycles. The molecule has 0 radical (unpaired) electrons. The van der Waals surface area contributed by atoms with Gasteiger partial charge in [-0.25, -0.2) is 14.6 Å². The van der Waals surface area contributed by atoms with Crippen LogP contribution in [0.4, 0.5) is 0 Å². The molecule has 0 amide bonds. The van der Waals surface area contributed by atoms with Gasteiger partial charge in [-0.2, -0.15) is 0 Å². The van der Waals surface area contributed by atoms with E-state index in [1.165, 1.54) is 12.1 Å². The van der Waals surface area contributed by atoms with Gasteiger partial charge in [0.1, 0.15) is 11.3 Å². The van der Waals surface area contributed by atoms with E-state index in [0.717, 1.165) is 14.2 Å². The lowest BCUT2D eigenvalue weighted by Gasteiger charge is -2.10. The van der Waals surface area contributed by atoms with Crippen LogP contribution in [-0.2, 0) is 9.47 Å². The third kappa shape index (κ3) is 2.25. The summed E-state index contributed by atoms with van der Waals surface area (Å²) in [7, 11) is 2.28. The van der Waals surface area contributed by atoms with Crippen molar-refractivity contribution in [1.82, 2.24) is 4.98 Å². The number of aromatic hydroxyl groups is 1. The van der Waals surface area contributed by atoms with E-state index in [-0.39, 0.29) is 16.6 Å². The van der Waals surface area contributed by atoms with Crippen LogP contribution in [0.2, 0.25) is 5.02 Å². The van der Waals surface area contributed by atoms with E-state index in [2.05, 4.69) is 14.5 Å². The van der Waals surface area contributed by atoms with Gasteiger partial charge in [-0.1, -0.05) is 11.6 Å². The van der Waals surface area contributed by atoms with Crippen LogP contribution in [0, 0.1) is 0 Å². The Kier molecular flexibility index (Phi) is 3.76. The molecule has 2 aromatic rings. The summed E-state index contributed by atoms with van der Waals surface area (Å²) in [5, 5.41) is 10.8. The molecule has 1 N–H and O–H groups in total. The van der Waals surface area contributed by atoms with Crippen molar-refractivity contribution < 1.29 is 24.2 Å². The highest BCUT2D eigenvalue weighted by Crippen LogP contribution is 2.32. The number of hydrogen-bond acceptors (Lipinski definition) is 6. The Morgan fingerprint density at radius 1 is 1.20 bits per heavy atom. The van der Waals surface area contributed by atoms with Crippen molar-refractivity contribution in [3.05, 3.63) is 34.5 Å². The maximum absolute atomic E-state index is 11.7. The van der Waals surface area contributed by atoms with Crippen LogP contribution in [0.15, 0.2) is 18.2 Å². The number of carbonyl (C=O) groups is 2. The van der Waals surface area contributed by atoms with E-state index in [9.17, 15) is 14.7 Å². The summed E-state index contributed by atoms with van der Waals surface area (Å²) in [6.07, 6.45) is 0. The van der Waals surface area contributed by atoms with Crippen molar-refractivity contribution in [3.63, 3.8) is 0 Å². The van der Waals surface area contributed by atoms with Crippen molar-refractivity contribution in [3.8, 4) is 5.75 Å². The van der Waals surface area contributed by atoms with E-state index in [1.54, 1.807) is 6.07 Å². The third-order valence-corrected chi connectivity index (χ3v) is 2.92. The number of fused-ring (bicyclic) bond motifs is 1. The Morgan fingerprint density at radius 2 is 1.85 bits per heavy atom. The second kappa shape index (κ2) is 5.34. The van der Waals surface area contributed by atoms with E-state index < -0.39 is 17.7 Å². The number of pyridine rings is 1. The third-order valence-electron chi connectivity index (χ3n) is 2.69. The molecule has 0 spiro atoms. The van der Waals surface area contributed by atoms with Crippen LogP contribution in [0.3, 0.4) is 0 Å². The quantitative estimate of drug-likeness (QED) is 0.855. The Hall–Kier alpha value is -2.34. The summed E-state index contributed by atoms with van der Waals surface area (Å²) in [5.41, 5.74) is -0.360. The van der Waals surface area contributed by atoms with Crippen molar-refractivity contribution in [2.24, 2.45) is 0 Å². The smallest absolute Gasteiger partial charge is 0.357 e. The van der Waals surface area contributed by atoms with Crippen LogP contribution in [0.1, 0.15) is 20.8 Å². The number of ether oxygens (including phenoxy) is 2. The summed E-state index contributed by atoms with van der Waals surface area (Å²) >= 11 is 5.84. The van der Waals surface area contributed by atoms with Crippen molar-refractivity contribution in [1.29, 1.82) is 0 Å². The largest absolute Gasteiger partial charge is 0.506 e. The Balaban J connectivity index is 2.86. The zero-order valence-corrected chi connectivity index (χ0v) is 11.4. The first-order valence-corrected chi connectivity index (χ1v) is 5.86. The fourth-order valence-corrected chi connectivity index (χ4v) is 1.93. The second-order valence-electron chi connectivity index (χ2n) is 3.83. The van der Waals surface area contributed by atoms with Gasteiger partial charge >= 0.3 is 11.9 Å². The molecule has 2 rings (SSSR count). The second-order valence-corrected chi connectivity index (χ2v) is 4.27. The topological polar surface area (TPSA) is 85.7 Å². The zero-order chi connectivity index (χ0) is 14.9. The highest BCUT2D eigenvalue weighted by atomic mass is 35.5.